The van der Waals surface area contributed by atoms with Crippen LogP contribution in [0.2, 0.25) is 5.04 Å². The fourth-order valence-corrected chi connectivity index (χ4v) is 10.4. The van der Waals surface area contributed by atoms with Crippen LogP contribution in [0.25, 0.3) is 0 Å². The molecule has 5 atom stereocenters. The van der Waals surface area contributed by atoms with Gasteiger partial charge in [-0.3, -0.25) is 14.3 Å². The van der Waals surface area contributed by atoms with Crippen molar-refractivity contribution in [1.29, 1.82) is 0 Å². The molecule has 0 radical (unpaired) electrons. The summed E-state index contributed by atoms with van der Waals surface area (Å²) in [5.74, 6) is 0. The number of aliphatic hydroxyl groups is 1. The molecule has 37 heavy (non-hydrogen) atoms. The Morgan fingerprint density at radius 2 is 1.62 bits per heavy atom. The monoisotopic (exact) mass is 522 g/mol. The summed E-state index contributed by atoms with van der Waals surface area (Å²) >= 11 is 0. The maximum absolute atomic E-state index is 12.6. The lowest BCUT2D eigenvalue weighted by atomic mass is 9.94. The molecule has 5 rings (SSSR count). The van der Waals surface area contributed by atoms with E-state index in [1.54, 1.807) is 6.92 Å². The number of aliphatic hydroxyl groups excluding tert-OH is 1. The highest BCUT2D eigenvalue weighted by Gasteiger charge is 2.67. The maximum atomic E-state index is 12.6. The van der Waals surface area contributed by atoms with E-state index >= 15 is 0 Å². The van der Waals surface area contributed by atoms with Crippen molar-refractivity contribution in [3.8, 4) is 0 Å². The molecule has 2 fully saturated rings. The van der Waals surface area contributed by atoms with Crippen LogP contribution in [0.5, 0.6) is 0 Å². The third kappa shape index (κ3) is 3.97. The molecular weight excluding hydrogens is 488 g/mol. The summed E-state index contributed by atoms with van der Waals surface area (Å²) < 4.78 is 21.0. The highest BCUT2D eigenvalue weighted by Crippen LogP contribution is 2.49. The van der Waals surface area contributed by atoms with E-state index in [0.717, 1.165) is 10.4 Å². The van der Waals surface area contributed by atoms with E-state index in [9.17, 15) is 14.7 Å². The van der Waals surface area contributed by atoms with Gasteiger partial charge in [0, 0.05) is 11.8 Å². The Morgan fingerprint density at radius 3 is 2.16 bits per heavy atom. The van der Waals surface area contributed by atoms with Crippen molar-refractivity contribution in [3.63, 3.8) is 0 Å². The van der Waals surface area contributed by atoms with Crippen molar-refractivity contribution in [1.82, 2.24) is 9.55 Å². The van der Waals surface area contributed by atoms with E-state index in [4.69, 9.17) is 13.9 Å². The molecule has 196 valence electrons. The number of H-pyrrole nitrogens is 1. The summed E-state index contributed by atoms with van der Waals surface area (Å²) in [6, 6.07) is 20.5. The molecule has 2 aromatic carbocycles. The largest absolute Gasteiger partial charge is 0.404 e. The van der Waals surface area contributed by atoms with Crippen molar-refractivity contribution in [2.24, 2.45) is 0 Å². The number of nitrogens with one attached hydrogen (secondary N) is 1. The minimum Gasteiger partial charge on any atom is -0.404 e. The van der Waals surface area contributed by atoms with Crippen LogP contribution < -0.4 is 21.6 Å². The van der Waals surface area contributed by atoms with Gasteiger partial charge in [-0.25, -0.2) is 4.79 Å². The van der Waals surface area contributed by atoms with Crippen LogP contribution in [0.1, 0.15) is 39.5 Å². The summed E-state index contributed by atoms with van der Waals surface area (Å²) in [5, 5.41) is 13.4. The van der Waals surface area contributed by atoms with E-state index in [-0.39, 0.29) is 11.6 Å². The second-order valence-corrected chi connectivity index (χ2v) is 15.4. The van der Waals surface area contributed by atoms with Crippen molar-refractivity contribution in [3.05, 3.63) is 93.3 Å². The Kier molecular flexibility index (Phi) is 6.40. The molecule has 8 nitrogen and oxygen atoms in total. The molecule has 3 aromatic rings. The third-order valence-electron chi connectivity index (χ3n) is 7.83. The predicted octanol–water partition coefficient (Wildman–Crippen LogP) is 1.84. The second-order valence-electron chi connectivity index (χ2n) is 11.1. The molecule has 2 bridgehead atoms. The number of hydrogen-bond acceptors (Lipinski definition) is 6. The number of ether oxygens (including phenoxy) is 2. The smallest absolute Gasteiger partial charge is 0.330 e. The molecule has 9 heteroatoms. The van der Waals surface area contributed by atoms with Gasteiger partial charge in [0.15, 0.2) is 6.23 Å². The highest BCUT2D eigenvalue weighted by atomic mass is 28.4. The minimum atomic E-state index is -2.91. The van der Waals surface area contributed by atoms with Gasteiger partial charge >= 0.3 is 5.69 Å². The normalized spacial score (nSPS) is 27.5. The van der Waals surface area contributed by atoms with Gasteiger partial charge in [0.1, 0.15) is 17.8 Å². The van der Waals surface area contributed by atoms with Crippen molar-refractivity contribution >= 4 is 18.7 Å². The first-order valence-corrected chi connectivity index (χ1v) is 14.5. The Bertz CT molecular complexity index is 1340. The molecule has 2 saturated heterocycles. The first kappa shape index (κ1) is 25.8. The fraction of sp³-hybridized carbons (Fsp3) is 0.429. The van der Waals surface area contributed by atoms with E-state index in [1.165, 1.54) is 10.8 Å². The molecule has 2 N–H and O–H groups in total. The lowest BCUT2D eigenvalue weighted by Gasteiger charge is -2.45. The number of aromatic amines is 1. The van der Waals surface area contributed by atoms with Crippen LogP contribution in [0, 0.1) is 6.92 Å². The van der Waals surface area contributed by atoms with Gasteiger partial charge in [0.2, 0.25) is 0 Å². The SMILES string of the molecule is Cc1cn([C@@H]2O[C@@]3(CO[Si](c4ccccc4)(c4ccccc4)C(C)(C)C)[C@H](C)O[C@@H]2[C@@H]3O)c(=O)[nH]c1=O. The molecular formula is C28H34N2O6Si. The second kappa shape index (κ2) is 9.18. The first-order chi connectivity index (χ1) is 17.5. The van der Waals surface area contributed by atoms with Gasteiger partial charge in [-0.2, -0.15) is 0 Å². The van der Waals surface area contributed by atoms with Gasteiger partial charge in [0.05, 0.1) is 12.7 Å². The highest BCUT2D eigenvalue weighted by molar-refractivity contribution is 6.99. The van der Waals surface area contributed by atoms with E-state index in [2.05, 4.69) is 50.0 Å². The third-order valence-corrected chi connectivity index (χ3v) is 12.8. The van der Waals surface area contributed by atoms with Gasteiger partial charge in [-0.05, 0) is 29.3 Å². The first-order valence-electron chi connectivity index (χ1n) is 12.6. The van der Waals surface area contributed by atoms with Crippen LogP contribution in [-0.4, -0.2) is 53.5 Å². The minimum absolute atomic E-state index is 0.0761. The number of aryl methyl sites for hydroxylation is 1. The van der Waals surface area contributed by atoms with Crippen molar-refractivity contribution < 1.29 is 19.0 Å². The molecule has 2 aliphatic heterocycles. The van der Waals surface area contributed by atoms with Gasteiger partial charge in [0.25, 0.3) is 13.9 Å². The summed E-state index contributed by atoms with van der Waals surface area (Å²) in [7, 11) is -2.91. The lowest BCUT2D eigenvalue weighted by Crippen LogP contribution is -2.68. The topological polar surface area (TPSA) is 103 Å². The Morgan fingerprint density at radius 1 is 1.05 bits per heavy atom. The zero-order valence-corrected chi connectivity index (χ0v) is 22.8. The summed E-state index contributed by atoms with van der Waals surface area (Å²) in [5.41, 5.74) is -1.89. The molecule has 0 spiro atoms. The number of hydrogen-bond donors (Lipinski definition) is 2. The average molecular weight is 523 g/mol. The van der Waals surface area contributed by atoms with E-state index < -0.39 is 49.7 Å². The Balaban J connectivity index is 1.57. The molecule has 0 aliphatic carbocycles. The van der Waals surface area contributed by atoms with Crippen molar-refractivity contribution in [2.75, 3.05) is 6.61 Å². The van der Waals surface area contributed by atoms with E-state index in [1.807, 2.05) is 43.3 Å². The molecule has 2 aliphatic rings. The molecule has 0 saturated carbocycles. The van der Waals surface area contributed by atoms with E-state index in [0.29, 0.717) is 5.56 Å². The average Bonchev–Trinajstić information content (AvgIpc) is 3.27. The number of benzene rings is 2. The predicted molar refractivity (Wildman–Crippen MR) is 143 cm³/mol. The molecule has 0 amide bonds. The van der Waals surface area contributed by atoms with Crippen molar-refractivity contribution in [2.45, 2.75) is 69.8 Å². The standard InChI is InChI=1S/C28H34N2O6Si/c1-18-16-30(26(33)29-24(18)32)25-22-23(31)28(36-25,19(2)35-22)17-34-37(27(3,4)5,20-12-8-6-9-13-20)21-14-10-7-11-15-21/h6-16,19,22-23,25,31H,17H2,1-5H3,(H,29,32,33)/t19-,22+,23-,25+,28-/m0/s1. The Labute approximate surface area is 217 Å². The number of nitrogens with zero attached hydrogens (tertiary/aromatic N) is 1. The summed E-state index contributed by atoms with van der Waals surface area (Å²) in [6.07, 6.45) is -1.71. The van der Waals surface area contributed by atoms with Crippen LogP contribution >= 0.6 is 0 Å². The molecule has 0 unspecified atom stereocenters. The quantitative estimate of drug-likeness (QED) is 0.479. The molecule has 3 heterocycles. The number of aromatic nitrogens is 2. The molecule has 1 aromatic heterocycles. The van der Waals surface area contributed by atoms with Gasteiger partial charge in [-0.1, -0.05) is 81.4 Å². The van der Waals surface area contributed by atoms with Gasteiger partial charge < -0.3 is 19.0 Å². The zero-order valence-electron chi connectivity index (χ0n) is 21.8. The van der Waals surface area contributed by atoms with Crippen LogP contribution in [0.15, 0.2) is 76.4 Å². The lowest BCUT2D eigenvalue weighted by molar-refractivity contribution is -0.216. The summed E-state index contributed by atoms with van der Waals surface area (Å²) in [6.45, 7) is 10.1. The van der Waals surface area contributed by atoms with Crippen LogP contribution in [0.4, 0.5) is 0 Å². The Hall–Kier alpha value is -2.82. The summed E-state index contributed by atoms with van der Waals surface area (Å²) in [4.78, 5) is 26.9. The van der Waals surface area contributed by atoms with Crippen LogP contribution in [-0.2, 0) is 13.9 Å². The van der Waals surface area contributed by atoms with Crippen LogP contribution in [0.3, 0.4) is 0 Å². The fourth-order valence-electron chi connectivity index (χ4n) is 5.83. The zero-order chi connectivity index (χ0) is 26.6. The number of fused-ring (bicyclic) bond motifs is 2. The van der Waals surface area contributed by atoms with Gasteiger partial charge in [-0.15, -0.1) is 0 Å². The maximum Gasteiger partial charge on any atom is 0.330 e. The number of rotatable bonds is 6.